The molecular weight excluding hydrogens is 613 g/mol. The van der Waals surface area contributed by atoms with Gasteiger partial charge in [-0.25, -0.2) is 0 Å². The van der Waals surface area contributed by atoms with Gasteiger partial charge in [0.2, 0.25) is 0 Å². The third-order valence-corrected chi connectivity index (χ3v) is 27.6. The van der Waals surface area contributed by atoms with E-state index in [-0.39, 0.29) is 0 Å². The maximum atomic E-state index is 5.97. The van der Waals surface area contributed by atoms with Crippen LogP contribution in [0.25, 0.3) is 0 Å². The summed E-state index contributed by atoms with van der Waals surface area (Å²) in [6, 6.07) is 0. The topological polar surface area (TPSA) is 55.4 Å². The van der Waals surface area contributed by atoms with E-state index in [0.29, 0.717) is 0 Å². The van der Waals surface area contributed by atoms with Crippen molar-refractivity contribution in [1.82, 2.24) is 0 Å². The molecule has 0 heterocycles. The lowest BCUT2D eigenvalue weighted by molar-refractivity contribution is 0.214. The van der Waals surface area contributed by atoms with Gasteiger partial charge >= 0.3 is 25.7 Å². The smallest absolute Gasteiger partial charge is 0.344 e. The van der Waals surface area contributed by atoms with E-state index in [0.717, 1.165) is 33.2 Å². The lowest BCUT2D eigenvalue weighted by atomic mass is 10.3. The summed E-state index contributed by atoms with van der Waals surface area (Å²) >= 11 is 0. The van der Waals surface area contributed by atoms with Crippen LogP contribution in [0.2, 0.25) is 33.2 Å². The summed E-state index contributed by atoms with van der Waals surface area (Å²) in [5.41, 5.74) is 4.64. The van der Waals surface area contributed by atoms with Gasteiger partial charge < -0.3 is 26.6 Å². The summed E-state index contributed by atoms with van der Waals surface area (Å²) in [5, 5.41) is 0. The van der Waals surface area contributed by atoms with Crippen LogP contribution in [0.1, 0.15) is 154 Å². The first-order chi connectivity index (χ1) is 22.0. The van der Waals surface area contributed by atoms with Crippen LogP contribution in [0, 0.1) is 0 Å². The van der Waals surface area contributed by atoms with Gasteiger partial charge in [0.25, 0.3) is 0 Å². The summed E-state index contributed by atoms with van der Waals surface area (Å²) in [5.74, 6) is 0. The van der Waals surface area contributed by atoms with Crippen molar-refractivity contribution in [1.29, 1.82) is 0 Å². The minimum Gasteiger partial charge on any atom is -0.397 e. The molecule has 6 saturated carbocycles. The van der Waals surface area contributed by atoms with Crippen LogP contribution in [0.3, 0.4) is 0 Å². The Kier molecular flexibility index (Phi) is 16.1. The Bertz CT molecular complexity index is 626. The fourth-order valence-corrected chi connectivity index (χ4v) is 25.0. The maximum absolute atomic E-state index is 5.97. The quantitative estimate of drug-likeness (QED) is 0.191. The minimum absolute atomic E-state index is 0.774. The molecule has 0 N–H and O–H groups in total. The molecule has 0 amide bonds. The summed E-state index contributed by atoms with van der Waals surface area (Å²) in [6.07, 6.45) is 32.9. The summed E-state index contributed by atoms with van der Waals surface area (Å²) < 4.78 is 35.8. The van der Waals surface area contributed by atoms with Crippen LogP contribution >= 0.6 is 0 Å². The molecule has 0 unspecified atom stereocenters. The Morgan fingerprint density at radius 2 is 0.356 bits per heavy atom. The highest BCUT2D eigenvalue weighted by Crippen LogP contribution is 2.52. The molecule has 45 heavy (non-hydrogen) atoms. The van der Waals surface area contributed by atoms with Crippen molar-refractivity contribution in [3.63, 3.8) is 0 Å². The fourth-order valence-electron chi connectivity index (χ4n) is 11.2. The van der Waals surface area contributed by atoms with E-state index in [1.54, 1.807) is 0 Å². The van der Waals surface area contributed by atoms with Gasteiger partial charge in [-0.15, -0.1) is 0 Å². The molecule has 6 rings (SSSR count). The molecule has 0 spiro atoms. The highest BCUT2D eigenvalue weighted by Gasteiger charge is 2.54. The second-order valence-electron chi connectivity index (χ2n) is 15.3. The maximum Gasteiger partial charge on any atom is 0.344 e. The molecule has 0 aromatic carbocycles. The van der Waals surface area contributed by atoms with Gasteiger partial charge in [0.15, 0.2) is 0 Å². The van der Waals surface area contributed by atoms with Gasteiger partial charge in [-0.2, -0.15) is 0 Å². The van der Waals surface area contributed by atoms with Crippen LogP contribution in [0.5, 0.6) is 0 Å². The molecule has 0 saturated heterocycles. The molecule has 0 radical (unpaired) electrons. The van der Waals surface area contributed by atoms with E-state index < -0.39 is 25.7 Å². The first-order valence-corrected chi connectivity index (χ1v) is 25.2. The molecule has 0 atom stereocenters. The van der Waals surface area contributed by atoms with Crippen molar-refractivity contribution in [3.8, 4) is 0 Å². The Balaban J connectivity index is 0.000000154. The molecule has 9 heteroatoms. The van der Waals surface area contributed by atoms with Gasteiger partial charge in [-0.3, -0.25) is 0 Å². The van der Waals surface area contributed by atoms with E-state index in [9.17, 15) is 0 Å². The van der Waals surface area contributed by atoms with E-state index >= 15 is 0 Å². The largest absolute Gasteiger partial charge is 0.397 e. The van der Waals surface area contributed by atoms with Crippen molar-refractivity contribution in [2.45, 2.75) is 187 Å². The molecule has 6 fully saturated rings. The molecule has 6 nitrogen and oxygen atoms in total. The van der Waals surface area contributed by atoms with Crippen LogP contribution < -0.4 is 0 Å². The van der Waals surface area contributed by atoms with E-state index in [1.165, 1.54) is 154 Å². The zero-order chi connectivity index (χ0) is 32.2. The van der Waals surface area contributed by atoms with Crippen molar-refractivity contribution in [3.05, 3.63) is 0 Å². The van der Waals surface area contributed by atoms with Gasteiger partial charge in [0, 0.05) is 75.9 Å². The van der Waals surface area contributed by atoms with Crippen molar-refractivity contribution in [2.75, 3.05) is 42.7 Å². The molecular formula is C36H72O6Si3. The lowest BCUT2D eigenvalue weighted by Gasteiger charge is -2.37. The van der Waals surface area contributed by atoms with Crippen LogP contribution in [-0.2, 0) is 26.6 Å². The van der Waals surface area contributed by atoms with Crippen molar-refractivity contribution in [2.24, 2.45) is 0 Å². The Morgan fingerprint density at radius 1 is 0.244 bits per heavy atom. The van der Waals surface area contributed by atoms with Gasteiger partial charge in [-0.1, -0.05) is 77.0 Å². The van der Waals surface area contributed by atoms with Gasteiger partial charge in [0.1, 0.15) is 0 Å². The third-order valence-electron chi connectivity index (χ3n) is 13.5. The Hall–Kier alpha value is 0.411. The van der Waals surface area contributed by atoms with E-state index in [1.807, 2.05) is 42.7 Å². The monoisotopic (exact) mass is 684 g/mol. The molecule has 264 valence electrons. The zero-order valence-electron chi connectivity index (χ0n) is 30.4. The summed E-state index contributed by atoms with van der Waals surface area (Å²) in [6.45, 7) is 0. The van der Waals surface area contributed by atoms with Crippen LogP contribution in [-0.4, -0.2) is 68.3 Å². The van der Waals surface area contributed by atoms with Gasteiger partial charge in [0.05, 0.1) is 0 Å². The van der Waals surface area contributed by atoms with E-state index in [4.69, 9.17) is 26.6 Å². The fraction of sp³-hybridized carbons (Fsp3) is 1.00. The average molecular weight is 685 g/mol. The van der Waals surface area contributed by atoms with E-state index in [2.05, 4.69) is 0 Å². The van der Waals surface area contributed by atoms with Crippen molar-refractivity contribution >= 4 is 25.7 Å². The SMILES string of the molecule is CO[Si](OC)(C1CCCC1)C1CCCC1.CO[Si](OC)(C1CCCC1)C1CCCC1.CO[Si](OC)(C1CCCC1)C1CCCC1. The molecule has 0 aromatic rings. The predicted octanol–water partition coefficient (Wildman–Crippen LogP) is 10.8. The Morgan fingerprint density at radius 3 is 0.444 bits per heavy atom. The predicted molar refractivity (Wildman–Crippen MR) is 193 cm³/mol. The Labute approximate surface area is 281 Å². The molecule has 6 aliphatic carbocycles. The molecule has 0 bridgehead atoms. The molecule has 0 aliphatic heterocycles. The zero-order valence-corrected chi connectivity index (χ0v) is 33.4. The average Bonchev–Trinajstić information content (AvgIpc) is 3.93. The molecule has 0 aromatic heterocycles. The second kappa shape index (κ2) is 19.0. The highest BCUT2D eigenvalue weighted by molar-refractivity contribution is 6.71. The normalized spacial score (nSPS) is 25.2. The first-order valence-electron chi connectivity index (χ1n) is 19.3. The minimum atomic E-state index is -1.88. The number of hydrogen-bond acceptors (Lipinski definition) is 6. The standard InChI is InChI=1S/3C12H24O2Si/c3*1-13-15(14-2,11-7-3-4-8-11)12-9-5-6-10-12/h3*11-12H,3-10H2,1-2H3. The highest BCUT2D eigenvalue weighted by atomic mass is 28.4. The van der Waals surface area contributed by atoms with Crippen LogP contribution in [0.4, 0.5) is 0 Å². The summed E-state index contributed by atoms with van der Waals surface area (Å²) in [4.78, 5) is 0. The van der Waals surface area contributed by atoms with Gasteiger partial charge in [-0.05, 0) is 77.0 Å². The lowest BCUT2D eigenvalue weighted by Crippen LogP contribution is -2.48. The van der Waals surface area contributed by atoms with Crippen molar-refractivity contribution < 1.29 is 26.6 Å². The number of rotatable bonds is 12. The molecule has 6 aliphatic rings. The third kappa shape index (κ3) is 8.59. The number of hydrogen-bond donors (Lipinski definition) is 0. The first kappa shape index (κ1) is 38.2. The summed E-state index contributed by atoms with van der Waals surface area (Å²) in [7, 11) is 5.74. The van der Waals surface area contributed by atoms with Crippen LogP contribution in [0.15, 0.2) is 0 Å². The second-order valence-corrected chi connectivity index (χ2v) is 27.0.